The second-order valence-electron chi connectivity index (χ2n) is 7.38. The van der Waals surface area contributed by atoms with Crippen LogP contribution in [0.5, 0.6) is 0 Å². The Morgan fingerprint density at radius 2 is 1.95 bits per heavy atom. The average Bonchev–Trinajstić information content (AvgIpc) is 3.08. The van der Waals surface area contributed by atoms with Gasteiger partial charge in [-0.25, -0.2) is 4.98 Å². The molecule has 22 heavy (non-hydrogen) atoms. The summed E-state index contributed by atoms with van der Waals surface area (Å²) in [6.45, 7) is 7.29. The largest absolute Gasteiger partial charge is 0.357 e. The molecule has 1 aliphatic carbocycles. The first-order valence-corrected chi connectivity index (χ1v) is 9.33. The van der Waals surface area contributed by atoms with Gasteiger partial charge in [0.05, 0.1) is 0 Å². The first kappa shape index (κ1) is 14.5. The predicted molar refractivity (Wildman–Crippen MR) is 91.5 cm³/mol. The van der Waals surface area contributed by atoms with Gasteiger partial charge in [0.25, 0.3) is 0 Å². The minimum absolute atomic E-state index is 0.778. The molecular weight excluding hydrogens is 270 g/mol. The minimum Gasteiger partial charge on any atom is -0.357 e. The summed E-state index contributed by atoms with van der Waals surface area (Å²) >= 11 is 0. The molecule has 0 N–H and O–H groups in total. The van der Waals surface area contributed by atoms with E-state index in [4.69, 9.17) is 4.98 Å². The fourth-order valence-corrected chi connectivity index (χ4v) is 4.79. The van der Waals surface area contributed by atoms with Crippen molar-refractivity contribution in [2.75, 3.05) is 31.1 Å². The molecule has 2 saturated heterocycles. The molecule has 3 heteroatoms. The second-order valence-corrected chi connectivity index (χ2v) is 7.38. The van der Waals surface area contributed by atoms with E-state index in [-0.39, 0.29) is 0 Å². The van der Waals surface area contributed by atoms with Gasteiger partial charge in [0.15, 0.2) is 0 Å². The van der Waals surface area contributed by atoms with Crippen LogP contribution in [0.1, 0.15) is 50.3 Å². The van der Waals surface area contributed by atoms with Gasteiger partial charge in [-0.15, -0.1) is 0 Å². The Morgan fingerprint density at radius 3 is 2.77 bits per heavy atom. The second kappa shape index (κ2) is 6.19. The smallest absolute Gasteiger partial charge is 0.128 e. The van der Waals surface area contributed by atoms with Gasteiger partial charge in [-0.05, 0) is 75.6 Å². The maximum absolute atomic E-state index is 5.06. The van der Waals surface area contributed by atoms with Gasteiger partial charge >= 0.3 is 0 Å². The van der Waals surface area contributed by atoms with Crippen LogP contribution in [0, 0.1) is 5.92 Å². The number of likely N-dealkylation sites (tertiary alicyclic amines) is 1. The SMILES string of the molecule is CCCN1CCC[C@@H]2Cc3nc(N4CCCC4)ccc3C[C@H]21. The topological polar surface area (TPSA) is 19.4 Å². The average molecular weight is 299 g/mol. The number of hydrogen-bond acceptors (Lipinski definition) is 3. The van der Waals surface area contributed by atoms with Gasteiger partial charge in [-0.3, -0.25) is 4.90 Å². The number of pyridine rings is 1. The summed E-state index contributed by atoms with van der Waals surface area (Å²) < 4.78 is 0. The molecule has 3 aliphatic rings. The number of anilines is 1. The van der Waals surface area contributed by atoms with E-state index in [1.54, 1.807) is 0 Å². The fourth-order valence-electron chi connectivity index (χ4n) is 4.79. The molecule has 2 atom stereocenters. The molecule has 2 aliphatic heterocycles. The first-order chi connectivity index (χ1) is 10.8. The van der Waals surface area contributed by atoms with Crippen molar-refractivity contribution in [2.45, 2.75) is 57.9 Å². The van der Waals surface area contributed by atoms with E-state index in [0.29, 0.717) is 0 Å². The Balaban J connectivity index is 1.56. The Hall–Kier alpha value is -1.09. The zero-order valence-electron chi connectivity index (χ0n) is 13.9. The fraction of sp³-hybridized carbons (Fsp3) is 0.737. The van der Waals surface area contributed by atoms with Crippen molar-refractivity contribution in [1.29, 1.82) is 0 Å². The van der Waals surface area contributed by atoms with E-state index in [9.17, 15) is 0 Å². The molecule has 0 radical (unpaired) electrons. The van der Waals surface area contributed by atoms with Gasteiger partial charge < -0.3 is 4.90 Å². The lowest BCUT2D eigenvalue weighted by Crippen LogP contribution is -2.49. The monoisotopic (exact) mass is 299 g/mol. The number of fused-ring (bicyclic) bond motifs is 2. The zero-order chi connectivity index (χ0) is 14.9. The van der Waals surface area contributed by atoms with Gasteiger partial charge in [0, 0.05) is 24.8 Å². The van der Waals surface area contributed by atoms with E-state index >= 15 is 0 Å². The standard InChI is InChI=1S/C19H29N3/c1-2-9-21-12-5-6-16-13-17-15(14-18(16)21)7-8-19(20-17)22-10-3-4-11-22/h7-8,16,18H,2-6,9-14H2,1H3/t16-,18-/m1/s1. The summed E-state index contributed by atoms with van der Waals surface area (Å²) in [6, 6.07) is 5.43. The predicted octanol–water partition coefficient (Wildman–Crippen LogP) is 3.27. The van der Waals surface area contributed by atoms with Crippen molar-refractivity contribution in [2.24, 2.45) is 5.92 Å². The third-order valence-electron chi connectivity index (χ3n) is 5.91. The van der Waals surface area contributed by atoms with Crippen LogP contribution in [0.3, 0.4) is 0 Å². The van der Waals surface area contributed by atoms with Crippen LogP contribution >= 0.6 is 0 Å². The molecule has 3 nitrogen and oxygen atoms in total. The lowest BCUT2D eigenvalue weighted by molar-refractivity contribution is 0.0846. The summed E-state index contributed by atoms with van der Waals surface area (Å²) in [5.41, 5.74) is 2.93. The number of hydrogen-bond donors (Lipinski definition) is 0. The van der Waals surface area contributed by atoms with Gasteiger partial charge in [-0.1, -0.05) is 13.0 Å². The van der Waals surface area contributed by atoms with Crippen molar-refractivity contribution in [3.05, 3.63) is 23.4 Å². The summed E-state index contributed by atoms with van der Waals surface area (Å²) in [4.78, 5) is 10.3. The highest BCUT2D eigenvalue weighted by Gasteiger charge is 2.35. The van der Waals surface area contributed by atoms with E-state index in [1.807, 2.05) is 0 Å². The molecule has 0 aromatic carbocycles. The van der Waals surface area contributed by atoms with Crippen LogP contribution in [-0.2, 0) is 12.8 Å². The molecule has 1 aromatic rings. The van der Waals surface area contributed by atoms with Gasteiger partial charge in [0.1, 0.15) is 5.82 Å². The van der Waals surface area contributed by atoms with Crippen LogP contribution in [0.2, 0.25) is 0 Å². The van der Waals surface area contributed by atoms with Crippen molar-refractivity contribution in [3.8, 4) is 0 Å². The molecule has 3 heterocycles. The Labute approximate surface area is 134 Å². The summed E-state index contributed by atoms with van der Waals surface area (Å²) in [7, 11) is 0. The lowest BCUT2D eigenvalue weighted by Gasteiger charge is -2.44. The Kier molecular flexibility index (Phi) is 4.08. The third kappa shape index (κ3) is 2.64. The number of nitrogens with zero attached hydrogens (tertiary/aromatic N) is 3. The summed E-state index contributed by atoms with van der Waals surface area (Å²) in [6.07, 6.45) is 9.16. The zero-order valence-corrected chi connectivity index (χ0v) is 13.9. The number of piperidine rings is 1. The molecule has 0 amide bonds. The molecular formula is C19H29N3. The molecule has 0 bridgehead atoms. The number of aromatic nitrogens is 1. The molecule has 4 rings (SSSR count). The summed E-state index contributed by atoms with van der Waals surface area (Å²) in [5.74, 6) is 2.07. The van der Waals surface area contributed by atoms with Gasteiger partial charge in [-0.2, -0.15) is 0 Å². The molecule has 0 unspecified atom stereocenters. The van der Waals surface area contributed by atoms with E-state index in [2.05, 4.69) is 28.9 Å². The quantitative estimate of drug-likeness (QED) is 0.854. The third-order valence-corrected chi connectivity index (χ3v) is 5.91. The highest BCUT2D eigenvalue weighted by Crippen LogP contribution is 2.35. The molecule has 2 fully saturated rings. The summed E-state index contributed by atoms with van der Waals surface area (Å²) in [5, 5.41) is 0. The van der Waals surface area contributed by atoms with Crippen molar-refractivity contribution in [3.63, 3.8) is 0 Å². The highest BCUT2D eigenvalue weighted by molar-refractivity contribution is 5.43. The van der Waals surface area contributed by atoms with E-state index < -0.39 is 0 Å². The Bertz CT molecular complexity index is 519. The highest BCUT2D eigenvalue weighted by atomic mass is 15.2. The number of rotatable bonds is 3. The maximum atomic E-state index is 5.06. The van der Waals surface area contributed by atoms with E-state index in [1.165, 1.54) is 88.2 Å². The normalized spacial score (nSPS) is 28.5. The lowest BCUT2D eigenvalue weighted by atomic mass is 9.77. The molecule has 0 saturated carbocycles. The minimum atomic E-state index is 0.778. The van der Waals surface area contributed by atoms with Crippen LogP contribution in [0.25, 0.3) is 0 Å². The van der Waals surface area contributed by atoms with Gasteiger partial charge in [0.2, 0.25) is 0 Å². The van der Waals surface area contributed by atoms with Crippen molar-refractivity contribution < 1.29 is 0 Å². The van der Waals surface area contributed by atoms with Crippen LogP contribution in [0.4, 0.5) is 5.82 Å². The molecule has 1 aromatic heterocycles. The van der Waals surface area contributed by atoms with Crippen molar-refractivity contribution >= 4 is 5.82 Å². The van der Waals surface area contributed by atoms with Crippen LogP contribution < -0.4 is 4.90 Å². The van der Waals surface area contributed by atoms with E-state index in [0.717, 1.165) is 12.0 Å². The Morgan fingerprint density at radius 1 is 1.09 bits per heavy atom. The molecule has 120 valence electrons. The van der Waals surface area contributed by atoms with Crippen LogP contribution in [0.15, 0.2) is 12.1 Å². The first-order valence-electron chi connectivity index (χ1n) is 9.33. The van der Waals surface area contributed by atoms with Crippen molar-refractivity contribution in [1.82, 2.24) is 9.88 Å². The molecule has 0 spiro atoms. The maximum Gasteiger partial charge on any atom is 0.128 e. The van der Waals surface area contributed by atoms with Crippen LogP contribution in [-0.4, -0.2) is 42.1 Å².